The van der Waals surface area contributed by atoms with Crippen molar-refractivity contribution in [1.82, 2.24) is 10.2 Å². The molecule has 0 bridgehead atoms. The summed E-state index contributed by atoms with van der Waals surface area (Å²) in [5, 5.41) is 5.37. The fourth-order valence-corrected chi connectivity index (χ4v) is 2.23. The van der Waals surface area contributed by atoms with Crippen LogP contribution in [0, 0.1) is 17.5 Å². The van der Waals surface area contributed by atoms with Crippen molar-refractivity contribution in [1.29, 1.82) is 0 Å². The number of nitrogens with one attached hydrogen (secondary N) is 2. The number of likely N-dealkylation sites (tertiary alicyclic amines) is 1. The van der Waals surface area contributed by atoms with Crippen LogP contribution in [0.3, 0.4) is 0 Å². The summed E-state index contributed by atoms with van der Waals surface area (Å²) in [6.45, 7) is 1.58. The number of benzene rings is 1. The lowest BCUT2D eigenvalue weighted by atomic mass is 10.2. The zero-order valence-corrected chi connectivity index (χ0v) is 11.0. The molecular formula is C13H16F3N3O. The Morgan fingerprint density at radius 2 is 2.10 bits per heavy atom. The third kappa shape index (κ3) is 3.29. The SMILES string of the molecule is CNC1CCN(CC(=O)Nc2ccc(F)c(F)c2F)C1. The predicted molar refractivity (Wildman–Crippen MR) is 68.9 cm³/mol. The molecule has 0 radical (unpaired) electrons. The average Bonchev–Trinajstić information content (AvgIpc) is 2.87. The standard InChI is InChI=1S/C13H16F3N3O/c1-17-8-4-5-19(6-8)7-11(20)18-10-3-2-9(14)12(15)13(10)16/h2-3,8,17H,4-7H2,1H3,(H,18,20). The lowest BCUT2D eigenvalue weighted by Crippen LogP contribution is -2.34. The van der Waals surface area contributed by atoms with E-state index in [-0.39, 0.29) is 12.2 Å². The van der Waals surface area contributed by atoms with Crippen molar-refractivity contribution in [2.75, 3.05) is 32.0 Å². The number of amides is 1. The molecule has 20 heavy (non-hydrogen) atoms. The van der Waals surface area contributed by atoms with Crippen molar-refractivity contribution in [3.8, 4) is 0 Å². The number of rotatable bonds is 4. The molecule has 2 N–H and O–H groups in total. The molecule has 1 aromatic rings. The van der Waals surface area contributed by atoms with E-state index < -0.39 is 23.4 Å². The van der Waals surface area contributed by atoms with E-state index in [1.807, 2.05) is 11.9 Å². The molecule has 7 heteroatoms. The molecule has 1 unspecified atom stereocenters. The van der Waals surface area contributed by atoms with E-state index in [9.17, 15) is 18.0 Å². The second kappa shape index (κ2) is 6.23. The third-order valence-electron chi connectivity index (χ3n) is 3.36. The van der Waals surface area contributed by atoms with Gasteiger partial charge in [-0.1, -0.05) is 0 Å². The third-order valence-corrected chi connectivity index (χ3v) is 3.36. The first kappa shape index (κ1) is 14.8. The molecule has 1 amide bonds. The summed E-state index contributed by atoms with van der Waals surface area (Å²) in [5.41, 5.74) is -0.349. The van der Waals surface area contributed by atoms with Crippen molar-refractivity contribution in [3.63, 3.8) is 0 Å². The van der Waals surface area contributed by atoms with Gasteiger partial charge < -0.3 is 10.6 Å². The molecule has 1 heterocycles. The summed E-state index contributed by atoms with van der Waals surface area (Å²) in [5.74, 6) is -4.70. The van der Waals surface area contributed by atoms with Crippen LogP contribution in [0.2, 0.25) is 0 Å². The highest BCUT2D eigenvalue weighted by atomic mass is 19.2. The van der Waals surface area contributed by atoms with Crippen LogP contribution >= 0.6 is 0 Å². The zero-order valence-electron chi connectivity index (χ0n) is 11.0. The van der Waals surface area contributed by atoms with Crippen molar-refractivity contribution in [2.45, 2.75) is 12.5 Å². The number of hydrogen-bond acceptors (Lipinski definition) is 3. The second-order valence-electron chi connectivity index (χ2n) is 4.78. The molecule has 0 aromatic heterocycles. The van der Waals surface area contributed by atoms with Crippen LogP contribution in [0.1, 0.15) is 6.42 Å². The summed E-state index contributed by atoms with van der Waals surface area (Å²) in [7, 11) is 1.85. The Balaban J connectivity index is 1.94. The predicted octanol–water partition coefficient (Wildman–Crippen LogP) is 1.34. The number of likely N-dealkylation sites (N-methyl/N-ethyl adjacent to an activating group) is 1. The van der Waals surface area contributed by atoms with Crippen LogP contribution in [-0.2, 0) is 4.79 Å². The highest BCUT2D eigenvalue weighted by Gasteiger charge is 2.23. The van der Waals surface area contributed by atoms with Crippen LogP contribution in [-0.4, -0.2) is 43.5 Å². The van der Waals surface area contributed by atoms with Crippen LogP contribution in [0.15, 0.2) is 12.1 Å². The Labute approximate surface area is 114 Å². The monoisotopic (exact) mass is 287 g/mol. The number of carbonyl (C=O) groups is 1. The van der Waals surface area contributed by atoms with Gasteiger partial charge in [0.15, 0.2) is 17.5 Å². The molecule has 4 nitrogen and oxygen atoms in total. The summed E-state index contributed by atoms with van der Waals surface area (Å²) in [6, 6.07) is 2.12. The maximum atomic E-state index is 13.4. The van der Waals surface area contributed by atoms with Gasteiger partial charge in [0, 0.05) is 19.1 Å². The normalized spacial score (nSPS) is 19.3. The van der Waals surface area contributed by atoms with E-state index in [0.29, 0.717) is 6.04 Å². The summed E-state index contributed by atoms with van der Waals surface area (Å²) in [6.07, 6.45) is 0.934. The lowest BCUT2D eigenvalue weighted by molar-refractivity contribution is -0.117. The lowest BCUT2D eigenvalue weighted by Gasteiger charge is -2.15. The summed E-state index contributed by atoms with van der Waals surface area (Å²) >= 11 is 0. The molecule has 0 spiro atoms. The van der Waals surface area contributed by atoms with E-state index in [1.54, 1.807) is 0 Å². The maximum absolute atomic E-state index is 13.4. The van der Waals surface area contributed by atoms with Crippen molar-refractivity contribution >= 4 is 11.6 Å². The van der Waals surface area contributed by atoms with Crippen LogP contribution in [0.25, 0.3) is 0 Å². The minimum absolute atomic E-state index is 0.0939. The van der Waals surface area contributed by atoms with Crippen molar-refractivity contribution < 1.29 is 18.0 Å². The smallest absolute Gasteiger partial charge is 0.238 e. The molecule has 2 rings (SSSR count). The van der Waals surface area contributed by atoms with Gasteiger partial charge in [-0.05, 0) is 25.6 Å². The molecule has 1 aromatic carbocycles. The minimum atomic E-state index is -1.58. The number of halogens is 3. The highest BCUT2D eigenvalue weighted by molar-refractivity contribution is 5.92. The molecule has 0 aliphatic carbocycles. The minimum Gasteiger partial charge on any atom is -0.322 e. The van der Waals surface area contributed by atoms with Gasteiger partial charge in [0.05, 0.1) is 12.2 Å². The molecule has 1 fully saturated rings. The Morgan fingerprint density at radius 1 is 1.35 bits per heavy atom. The molecule has 0 saturated carbocycles. The zero-order chi connectivity index (χ0) is 14.7. The maximum Gasteiger partial charge on any atom is 0.238 e. The number of anilines is 1. The van der Waals surface area contributed by atoms with Crippen LogP contribution in [0.4, 0.5) is 18.9 Å². The number of hydrogen-bond donors (Lipinski definition) is 2. The molecule has 1 atom stereocenters. The Hall–Kier alpha value is -1.60. The molecule has 1 saturated heterocycles. The van der Waals surface area contributed by atoms with Gasteiger partial charge >= 0.3 is 0 Å². The molecule has 1 aliphatic rings. The fraction of sp³-hybridized carbons (Fsp3) is 0.462. The first-order valence-electron chi connectivity index (χ1n) is 6.34. The van der Waals surface area contributed by atoms with Gasteiger partial charge in [0.25, 0.3) is 0 Å². The molecule has 110 valence electrons. The second-order valence-corrected chi connectivity index (χ2v) is 4.78. The van der Waals surface area contributed by atoms with Crippen LogP contribution in [0.5, 0.6) is 0 Å². The highest BCUT2D eigenvalue weighted by Crippen LogP contribution is 2.19. The average molecular weight is 287 g/mol. The van der Waals surface area contributed by atoms with E-state index in [2.05, 4.69) is 10.6 Å². The Bertz CT molecular complexity index is 510. The number of nitrogens with zero attached hydrogens (tertiary/aromatic N) is 1. The Morgan fingerprint density at radius 3 is 2.75 bits per heavy atom. The van der Waals surface area contributed by atoms with Gasteiger partial charge in [-0.15, -0.1) is 0 Å². The van der Waals surface area contributed by atoms with E-state index >= 15 is 0 Å². The van der Waals surface area contributed by atoms with Crippen molar-refractivity contribution in [2.24, 2.45) is 0 Å². The van der Waals surface area contributed by atoms with E-state index in [1.165, 1.54) is 0 Å². The Kier molecular flexibility index (Phi) is 4.61. The first-order chi connectivity index (χ1) is 9.51. The largest absolute Gasteiger partial charge is 0.322 e. The van der Waals surface area contributed by atoms with Gasteiger partial charge in [-0.3, -0.25) is 9.69 Å². The summed E-state index contributed by atoms with van der Waals surface area (Å²) in [4.78, 5) is 13.7. The van der Waals surface area contributed by atoms with Gasteiger partial charge in [-0.25, -0.2) is 13.2 Å². The first-order valence-corrected chi connectivity index (χ1v) is 6.34. The van der Waals surface area contributed by atoms with E-state index in [4.69, 9.17) is 0 Å². The van der Waals surface area contributed by atoms with Gasteiger partial charge in [-0.2, -0.15) is 0 Å². The van der Waals surface area contributed by atoms with Crippen LogP contribution < -0.4 is 10.6 Å². The topological polar surface area (TPSA) is 44.4 Å². The van der Waals surface area contributed by atoms with Crippen molar-refractivity contribution in [3.05, 3.63) is 29.6 Å². The molecule has 1 aliphatic heterocycles. The van der Waals surface area contributed by atoms with Gasteiger partial charge in [0.2, 0.25) is 5.91 Å². The quantitative estimate of drug-likeness (QED) is 0.821. The van der Waals surface area contributed by atoms with Gasteiger partial charge in [0.1, 0.15) is 0 Å². The molecular weight excluding hydrogens is 271 g/mol. The van der Waals surface area contributed by atoms with E-state index in [0.717, 1.165) is 31.6 Å². The summed E-state index contributed by atoms with van der Waals surface area (Å²) < 4.78 is 39.2. The number of carbonyl (C=O) groups excluding carboxylic acids is 1. The fourth-order valence-electron chi connectivity index (χ4n) is 2.23.